The number of hydrogen-bond acceptors (Lipinski definition) is 1. The predicted octanol–water partition coefficient (Wildman–Crippen LogP) is 7.51. The van der Waals surface area contributed by atoms with E-state index < -0.39 is 0 Å². The molecule has 0 aliphatic carbocycles. The van der Waals surface area contributed by atoms with E-state index >= 15 is 0 Å². The van der Waals surface area contributed by atoms with Crippen LogP contribution in [0.5, 0.6) is 0 Å². The molecule has 0 aliphatic rings. The summed E-state index contributed by atoms with van der Waals surface area (Å²) in [5.74, 6) is 0. The van der Waals surface area contributed by atoms with E-state index in [1.54, 1.807) is 12.1 Å². The van der Waals surface area contributed by atoms with E-state index in [4.69, 9.17) is 74.0 Å². The lowest BCUT2D eigenvalue weighted by Gasteiger charge is -2.03. The standard InChI is InChI=1S/C12H2Cl6O/c13-4-1-3-6(2-5(4)14)19-12-7(3)8(15)9(16)10(17)11(12)18/h1-2H/i1+1,2+1,3+1,4+1,5+1,7+1,8+1,9+1,10+1,11+1,12+1. The minimum atomic E-state index is 0.150. The Morgan fingerprint density at radius 2 is 1.26 bits per heavy atom. The lowest BCUT2D eigenvalue weighted by molar-refractivity contribution is 0.669. The van der Waals surface area contributed by atoms with E-state index in [0.717, 1.165) is 0 Å². The normalized spacial score (nSPS) is 11.7. The fraction of sp³-hybridized carbons (Fsp3) is 0. The molecular weight excluding hydrogens is 384 g/mol. The number of hydrogen-bond donors (Lipinski definition) is 0. The molecule has 0 atom stereocenters. The van der Waals surface area contributed by atoms with E-state index in [-0.39, 0.29) is 20.1 Å². The molecule has 98 valence electrons. The fourth-order valence-corrected chi connectivity index (χ4v) is 3.16. The van der Waals surface area contributed by atoms with E-state index in [0.29, 0.717) is 32.0 Å². The Hall–Kier alpha value is -0.0200. The molecule has 19 heavy (non-hydrogen) atoms. The topological polar surface area (TPSA) is 13.1 Å². The molecule has 0 fully saturated rings. The molecule has 2 aromatic carbocycles. The first-order chi connectivity index (χ1) is 8.91. The number of furan rings is 1. The zero-order valence-corrected chi connectivity index (χ0v) is 13.4. The molecule has 0 aliphatic heterocycles. The summed E-state index contributed by atoms with van der Waals surface area (Å²) < 4.78 is 5.63. The summed E-state index contributed by atoms with van der Waals surface area (Å²) in [5, 5.41) is 2.79. The van der Waals surface area contributed by atoms with E-state index in [9.17, 15) is 0 Å². The maximum Gasteiger partial charge on any atom is 0.157 e. The van der Waals surface area contributed by atoms with Gasteiger partial charge in [-0.2, -0.15) is 0 Å². The minimum absolute atomic E-state index is 0.150. The van der Waals surface area contributed by atoms with Gasteiger partial charge in [0.2, 0.25) is 0 Å². The maximum absolute atomic E-state index is 6.20. The highest BCUT2D eigenvalue weighted by atomic mass is 35.5. The van der Waals surface area contributed by atoms with E-state index in [1.165, 1.54) is 0 Å². The summed E-state index contributed by atoms with van der Waals surface area (Å²) in [6.07, 6.45) is 0. The Kier molecular flexibility index (Phi) is 3.50. The molecule has 7 heteroatoms. The average Bonchev–Trinajstić information content (AvgIpc) is 2.73. The van der Waals surface area contributed by atoms with Crippen LogP contribution in [-0.4, -0.2) is 0 Å². The third kappa shape index (κ3) is 1.99. The van der Waals surface area contributed by atoms with Crippen molar-refractivity contribution < 1.29 is 4.42 Å². The van der Waals surface area contributed by atoms with Crippen molar-refractivity contribution in [2.45, 2.75) is 0 Å². The molecule has 0 N–H and O–H groups in total. The summed E-state index contributed by atoms with van der Waals surface area (Å²) in [6.45, 7) is 0. The molecular formula is C12H2Cl6O. The maximum atomic E-state index is 6.20. The molecule has 0 unspecified atom stereocenters. The number of halogens is 6. The highest BCUT2D eigenvalue weighted by Crippen LogP contribution is 2.47. The predicted molar refractivity (Wildman–Crippen MR) is 83.8 cm³/mol. The Morgan fingerprint density at radius 1 is 0.684 bits per heavy atom. The monoisotopic (exact) mass is 383 g/mol. The van der Waals surface area contributed by atoms with Crippen molar-refractivity contribution in [2.75, 3.05) is 0 Å². The van der Waals surface area contributed by atoms with Crippen LogP contribution < -0.4 is 0 Å². The van der Waals surface area contributed by atoms with Crippen molar-refractivity contribution in [2.24, 2.45) is 0 Å². The van der Waals surface area contributed by atoms with Crippen LogP contribution in [0.1, 0.15) is 0 Å². The Balaban J connectivity index is 2.63. The molecule has 0 radical (unpaired) electrons. The van der Waals surface area contributed by atoms with Gasteiger partial charge >= 0.3 is 0 Å². The zero-order valence-electron chi connectivity index (χ0n) is 8.83. The molecule has 0 saturated heterocycles. The van der Waals surface area contributed by atoms with Crippen LogP contribution in [-0.2, 0) is 0 Å². The molecule has 3 aromatic rings. The van der Waals surface area contributed by atoms with Crippen molar-refractivity contribution in [1.29, 1.82) is 0 Å². The van der Waals surface area contributed by atoms with Crippen molar-refractivity contribution in [3.05, 3.63) is 42.3 Å². The van der Waals surface area contributed by atoms with Crippen LogP contribution in [0.15, 0.2) is 16.5 Å². The molecule has 3 rings (SSSR count). The quantitative estimate of drug-likeness (QED) is 0.288. The summed E-state index contributed by atoms with van der Waals surface area (Å²) in [4.78, 5) is 0. The summed E-state index contributed by atoms with van der Waals surface area (Å²) in [7, 11) is 0. The second kappa shape index (κ2) is 4.77. The van der Waals surface area contributed by atoms with Gasteiger partial charge in [0, 0.05) is 11.5 Å². The highest BCUT2D eigenvalue weighted by Gasteiger charge is 2.21. The summed E-state index contributed by atoms with van der Waals surface area (Å²) >= 11 is 36.3. The molecule has 0 amide bonds. The van der Waals surface area contributed by atoms with Gasteiger partial charge in [-0.25, -0.2) is 0 Å². The smallest absolute Gasteiger partial charge is 0.157 e. The number of rotatable bonds is 0. The van der Waals surface area contributed by atoms with Gasteiger partial charge in [0.15, 0.2) is 5.58 Å². The van der Waals surface area contributed by atoms with Crippen molar-refractivity contribution in [1.82, 2.24) is 0 Å². The second-order valence-electron chi connectivity index (χ2n) is 3.82. The highest BCUT2D eigenvalue weighted by molar-refractivity contribution is 6.56. The van der Waals surface area contributed by atoms with Crippen LogP contribution in [0.2, 0.25) is 30.1 Å². The first-order valence-corrected chi connectivity index (χ1v) is 7.21. The Labute approximate surface area is 137 Å². The number of fused-ring (bicyclic) bond motifs is 3. The number of benzene rings is 2. The lowest BCUT2D eigenvalue weighted by atomic mass is 10.9. The van der Waals surface area contributed by atoms with Crippen LogP contribution in [0.3, 0.4) is 0 Å². The van der Waals surface area contributed by atoms with Crippen LogP contribution in [0.4, 0.5) is 0 Å². The van der Waals surface area contributed by atoms with E-state index in [2.05, 4.69) is 0 Å². The molecule has 0 saturated carbocycles. The Morgan fingerprint density at radius 3 is 1.95 bits per heavy atom. The average molecular weight is 386 g/mol. The Bertz CT molecular complexity index is 836. The van der Waals surface area contributed by atoms with Crippen LogP contribution in [0.25, 0.3) is 21.9 Å². The van der Waals surface area contributed by atoms with Gasteiger partial charge in [0.25, 0.3) is 0 Å². The second-order valence-corrected chi connectivity index (χ2v) is 6.15. The van der Waals surface area contributed by atoms with Crippen LogP contribution >= 0.6 is 69.6 Å². The van der Waals surface area contributed by atoms with E-state index in [1.807, 2.05) is 0 Å². The van der Waals surface area contributed by atoms with Crippen molar-refractivity contribution >= 4 is 91.5 Å². The minimum Gasteiger partial charge on any atom is -0.454 e. The summed E-state index contributed by atoms with van der Waals surface area (Å²) in [6, 6.07) is 3.24. The van der Waals surface area contributed by atoms with Gasteiger partial charge in [0.05, 0.1) is 30.5 Å². The largest absolute Gasteiger partial charge is 0.454 e. The molecule has 1 heterocycles. The third-order valence-corrected chi connectivity index (χ3v) is 5.23. The lowest BCUT2D eigenvalue weighted by Crippen LogP contribution is -1.78. The van der Waals surface area contributed by atoms with Crippen molar-refractivity contribution in [3.63, 3.8) is 0 Å². The molecule has 1 nitrogen and oxygen atoms in total. The first kappa shape index (κ1) is 13.9. The fourth-order valence-electron chi connectivity index (χ4n) is 1.87. The van der Waals surface area contributed by atoms with Gasteiger partial charge in [-0.05, 0) is 6.07 Å². The molecule has 1 aromatic heterocycles. The van der Waals surface area contributed by atoms with Gasteiger partial charge in [-0.3, -0.25) is 0 Å². The first-order valence-electron chi connectivity index (χ1n) is 4.95. The third-order valence-electron chi connectivity index (χ3n) is 2.73. The van der Waals surface area contributed by atoms with Gasteiger partial charge in [-0.15, -0.1) is 0 Å². The van der Waals surface area contributed by atoms with Gasteiger partial charge < -0.3 is 4.42 Å². The van der Waals surface area contributed by atoms with Gasteiger partial charge in [-0.1, -0.05) is 69.6 Å². The van der Waals surface area contributed by atoms with Crippen LogP contribution in [0, 0.1) is 0 Å². The molecule has 0 bridgehead atoms. The van der Waals surface area contributed by atoms with Crippen molar-refractivity contribution in [3.8, 4) is 0 Å². The zero-order chi connectivity index (χ0) is 13.9. The summed E-state index contributed by atoms with van der Waals surface area (Å²) in [5.41, 5.74) is 0.862. The SMILES string of the molecule is Cl[13c]1[13cH]c2o[13c]3[13c](Cl)[13c](Cl)[13c](Cl)[13c](Cl)[13c]3[13c]2[13cH][13c]1Cl. The van der Waals surface area contributed by atoms with Gasteiger partial charge in [0.1, 0.15) is 10.6 Å². The molecule has 0 spiro atoms.